The summed E-state index contributed by atoms with van der Waals surface area (Å²) < 4.78 is 4.71. The summed E-state index contributed by atoms with van der Waals surface area (Å²) in [7, 11) is 1.22. The van der Waals surface area contributed by atoms with Crippen LogP contribution in [0.5, 0.6) is 0 Å². The van der Waals surface area contributed by atoms with Gasteiger partial charge in [-0.05, 0) is 12.0 Å². The van der Waals surface area contributed by atoms with Crippen molar-refractivity contribution in [1.82, 2.24) is 10.6 Å². The van der Waals surface area contributed by atoms with Crippen molar-refractivity contribution in [3.63, 3.8) is 0 Å². The van der Waals surface area contributed by atoms with Crippen LogP contribution in [-0.4, -0.2) is 42.8 Å². The van der Waals surface area contributed by atoms with Gasteiger partial charge < -0.3 is 15.4 Å². The first-order valence-electron chi connectivity index (χ1n) is 8.58. The highest BCUT2D eigenvalue weighted by atomic mass is 16.5. The van der Waals surface area contributed by atoms with E-state index in [-0.39, 0.29) is 31.0 Å². The van der Waals surface area contributed by atoms with Gasteiger partial charge in [-0.1, -0.05) is 37.3 Å². The number of rotatable bonds is 10. The molecule has 0 saturated carbocycles. The van der Waals surface area contributed by atoms with Gasteiger partial charge in [-0.15, -0.1) is 0 Å². The fourth-order valence-corrected chi connectivity index (χ4v) is 2.45. The van der Waals surface area contributed by atoms with Gasteiger partial charge in [0, 0.05) is 26.2 Å². The summed E-state index contributed by atoms with van der Waals surface area (Å²) in [5.74, 6) is -1.47. The summed E-state index contributed by atoms with van der Waals surface area (Å²) in [6, 6.07) is 7.46. The van der Waals surface area contributed by atoms with Crippen LogP contribution in [0.15, 0.2) is 30.3 Å². The molecule has 0 aromatic heterocycles. The van der Waals surface area contributed by atoms with Crippen molar-refractivity contribution < 1.29 is 23.9 Å². The molecule has 0 spiro atoms. The van der Waals surface area contributed by atoms with Crippen LogP contribution in [0.2, 0.25) is 0 Å². The molecule has 142 valence electrons. The average molecular weight is 362 g/mol. The Kier molecular flexibility index (Phi) is 9.05. The van der Waals surface area contributed by atoms with Crippen molar-refractivity contribution in [2.45, 2.75) is 51.6 Å². The van der Waals surface area contributed by atoms with Gasteiger partial charge >= 0.3 is 5.97 Å². The Morgan fingerprint density at radius 2 is 1.69 bits per heavy atom. The second-order valence-electron chi connectivity index (χ2n) is 5.96. The fourth-order valence-electron chi connectivity index (χ4n) is 2.45. The Bertz CT molecular complexity index is 630. The lowest BCUT2D eigenvalue weighted by Gasteiger charge is -2.22. The molecular formula is C19H26N2O5. The number of ether oxygens (including phenoxy) is 1. The second kappa shape index (κ2) is 11.0. The Hall–Kier alpha value is -2.70. The van der Waals surface area contributed by atoms with Crippen LogP contribution < -0.4 is 10.6 Å². The number of nitrogens with one attached hydrogen (secondary N) is 2. The van der Waals surface area contributed by atoms with Crippen molar-refractivity contribution in [2.24, 2.45) is 0 Å². The van der Waals surface area contributed by atoms with E-state index in [2.05, 4.69) is 10.6 Å². The van der Waals surface area contributed by atoms with Crippen molar-refractivity contribution in [3.8, 4) is 0 Å². The molecule has 7 nitrogen and oxygen atoms in total. The first-order valence-corrected chi connectivity index (χ1v) is 8.58. The molecular weight excluding hydrogens is 336 g/mol. The van der Waals surface area contributed by atoms with Crippen molar-refractivity contribution >= 4 is 23.6 Å². The quantitative estimate of drug-likeness (QED) is 0.608. The minimum atomic E-state index is -0.935. The zero-order valence-electron chi connectivity index (χ0n) is 15.4. The molecule has 7 heteroatoms. The molecule has 0 aliphatic carbocycles. The van der Waals surface area contributed by atoms with Crippen molar-refractivity contribution in [3.05, 3.63) is 35.9 Å². The van der Waals surface area contributed by atoms with Gasteiger partial charge in [0.2, 0.25) is 11.8 Å². The summed E-state index contributed by atoms with van der Waals surface area (Å²) >= 11 is 0. The Morgan fingerprint density at radius 1 is 1.04 bits per heavy atom. The van der Waals surface area contributed by atoms with Crippen LogP contribution in [0.4, 0.5) is 0 Å². The molecule has 0 bridgehead atoms. The highest BCUT2D eigenvalue weighted by Crippen LogP contribution is 2.07. The largest absolute Gasteiger partial charge is 0.467 e. The lowest BCUT2D eigenvalue weighted by atomic mass is 10.0. The third-order valence-electron chi connectivity index (χ3n) is 3.89. The van der Waals surface area contributed by atoms with Gasteiger partial charge in [-0.25, -0.2) is 4.79 Å². The molecule has 0 fully saturated rings. The maximum atomic E-state index is 12.6. The van der Waals surface area contributed by atoms with E-state index in [0.717, 1.165) is 5.56 Å². The zero-order chi connectivity index (χ0) is 19.5. The molecule has 2 amide bonds. The van der Waals surface area contributed by atoms with E-state index >= 15 is 0 Å². The number of carbonyl (C=O) groups excluding carboxylic acids is 4. The summed E-state index contributed by atoms with van der Waals surface area (Å²) in [5.41, 5.74) is 0.872. The molecule has 0 heterocycles. The molecule has 0 radical (unpaired) electrons. The van der Waals surface area contributed by atoms with Crippen LogP contribution in [-0.2, 0) is 30.3 Å². The van der Waals surface area contributed by atoms with Crippen molar-refractivity contribution in [2.75, 3.05) is 7.11 Å². The lowest BCUT2D eigenvalue weighted by molar-refractivity contribution is -0.145. The van der Waals surface area contributed by atoms with Gasteiger partial charge in [0.15, 0.2) is 0 Å². The topological polar surface area (TPSA) is 102 Å². The summed E-state index contributed by atoms with van der Waals surface area (Å²) in [6.45, 7) is 3.06. The monoisotopic (exact) mass is 362 g/mol. The maximum absolute atomic E-state index is 12.6. The number of methoxy groups -OCH3 is 1. The molecule has 0 aliphatic rings. The van der Waals surface area contributed by atoms with Gasteiger partial charge in [0.1, 0.15) is 17.9 Å². The number of amides is 2. The van der Waals surface area contributed by atoms with Crippen LogP contribution >= 0.6 is 0 Å². The summed E-state index contributed by atoms with van der Waals surface area (Å²) in [5, 5.41) is 5.19. The van der Waals surface area contributed by atoms with Gasteiger partial charge in [-0.3, -0.25) is 14.4 Å². The Labute approximate surface area is 153 Å². The van der Waals surface area contributed by atoms with Gasteiger partial charge in [0.05, 0.1) is 7.11 Å². The molecule has 0 aliphatic heterocycles. The molecule has 2 N–H and O–H groups in total. The first kappa shape index (κ1) is 21.3. The van der Waals surface area contributed by atoms with Gasteiger partial charge in [0.25, 0.3) is 0 Å². The number of Topliss-reactive ketones (excluding diaryl/α,β-unsaturated/α-hetero) is 1. The van der Waals surface area contributed by atoms with E-state index in [1.54, 1.807) is 6.92 Å². The minimum Gasteiger partial charge on any atom is -0.467 e. The molecule has 0 saturated heterocycles. The third-order valence-corrected chi connectivity index (χ3v) is 3.89. The smallest absolute Gasteiger partial charge is 0.328 e. The van der Waals surface area contributed by atoms with Crippen molar-refractivity contribution in [1.29, 1.82) is 0 Å². The third kappa shape index (κ3) is 7.46. The average Bonchev–Trinajstić information content (AvgIpc) is 2.63. The van der Waals surface area contributed by atoms with Crippen LogP contribution in [0.1, 0.15) is 38.7 Å². The molecule has 1 aromatic rings. The van der Waals surface area contributed by atoms with Crippen LogP contribution in [0.25, 0.3) is 0 Å². The molecule has 1 rings (SSSR count). The molecule has 26 heavy (non-hydrogen) atoms. The molecule has 2 atom stereocenters. The standard InChI is InChI=1S/C19H26N2O5/c1-4-15(23)10-11-16(19(25)26-3)21-18(24)17(20-13(2)22)12-14-8-6-5-7-9-14/h5-9,16-17H,4,10-12H2,1-3H3,(H,20,22)(H,21,24)/t16-,17-/m0/s1. The normalized spacial score (nSPS) is 12.6. The summed E-state index contributed by atoms with van der Waals surface area (Å²) in [4.78, 5) is 47.5. The van der Waals surface area contributed by atoms with E-state index in [1.165, 1.54) is 14.0 Å². The second-order valence-corrected chi connectivity index (χ2v) is 5.96. The predicted octanol–water partition coefficient (Wildman–Crippen LogP) is 1.15. The van der Waals surface area contributed by atoms with Gasteiger partial charge in [-0.2, -0.15) is 0 Å². The number of hydrogen-bond acceptors (Lipinski definition) is 5. The Balaban J connectivity index is 2.83. The van der Waals surface area contributed by atoms with E-state index in [1.807, 2.05) is 30.3 Å². The zero-order valence-corrected chi connectivity index (χ0v) is 15.4. The lowest BCUT2D eigenvalue weighted by Crippen LogP contribution is -2.52. The number of carbonyl (C=O) groups is 4. The van der Waals surface area contributed by atoms with E-state index in [4.69, 9.17) is 4.74 Å². The number of hydrogen-bond donors (Lipinski definition) is 2. The maximum Gasteiger partial charge on any atom is 0.328 e. The SMILES string of the molecule is CCC(=O)CC[C@H](NC(=O)[C@H](Cc1ccccc1)NC(C)=O)C(=O)OC. The number of esters is 1. The van der Waals surface area contributed by atoms with Crippen LogP contribution in [0, 0.1) is 0 Å². The van der Waals surface area contributed by atoms with E-state index < -0.39 is 24.0 Å². The first-order chi connectivity index (χ1) is 12.4. The highest BCUT2D eigenvalue weighted by Gasteiger charge is 2.27. The number of ketones is 1. The van der Waals surface area contributed by atoms with E-state index in [0.29, 0.717) is 6.42 Å². The van der Waals surface area contributed by atoms with E-state index in [9.17, 15) is 19.2 Å². The summed E-state index contributed by atoms with van der Waals surface area (Å²) in [6.07, 6.45) is 0.974. The number of benzene rings is 1. The molecule has 1 aromatic carbocycles. The van der Waals surface area contributed by atoms with Crippen LogP contribution in [0.3, 0.4) is 0 Å². The predicted molar refractivity (Wildman–Crippen MR) is 96.2 cm³/mol. The fraction of sp³-hybridized carbons (Fsp3) is 0.474. The highest BCUT2D eigenvalue weighted by molar-refractivity contribution is 5.90. The minimum absolute atomic E-state index is 0.00384. The Morgan fingerprint density at radius 3 is 2.23 bits per heavy atom. The molecule has 0 unspecified atom stereocenters.